The lowest BCUT2D eigenvalue weighted by molar-refractivity contribution is -0.140. The highest BCUT2D eigenvalue weighted by molar-refractivity contribution is 6.06. The van der Waals surface area contributed by atoms with Crippen LogP contribution < -0.4 is 10.6 Å². The molecule has 0 aromatic heterocycles. The van der Waals surface area contributed by atoms with Gasteiger partial charge in [-0.2, -0.15) is 0 Å². The molecule has 1 heterocycles. The highest BCUT2D eigenvalue weighted by atomic mass is 16.5. The number of amides is 2. The van der Waals surface area contributed by atoms with Gasteiger partial charge in [0.1, 0.15) is 0 Å². The van der Waals surface area contributed by atoms with Crippen molar-refractivity contribution in [2.24, 2.45) is 28.7 Å². The molecule has 1 saturated heterocycles. The minimum absolute atomic E-state index is 0.00918. The smallest absolute Gasteiger partial charge is 0.233 e. The molecule has 2 fully saturated rings. The Balaban J connectivity index is 1.43. The molecular formula is C20H32N4O3. The number of rotatable bonds is 10. The van der Waals surface area contributed by atoms with Crippen molar-refractivity contribution in [1.82, 2.24) is 15.5 Å². The number of guanidine groups is 1. The molecule has 2 aliphatic carbocycles. The summed E-state index contributed by atoms with van der Waals surface area (Å²) >= 11 is 0. The van der Waals surface area contributed by atoms with Gasteiger partial charge in [-0.15, -0.1) is 0 Å². The number of aliphatic imine (C=N–C) groups is 1. The molecule has 1 saturated carbocycles. The molecule has 0 radical (unpaired) electrons. The Morgan fingerprint density at radius 3 is 2.48 bits per heavy atom. The third-order valence-corrected chi connectivity index (χ3v) is 5.68. The van der Waals surface area contributed by atoms with E-state index in [4.69, 9.17) is 4.74 Å². The van der Waals surface area contributed by atoms with Crippen LogP contribution in [0.2, 0.25) is 0 Å². The number of nitrogens with one attached hydrogen (secondary N) is 2. The normalized spacial score (nSPS) is 29.0. The molecule has 0 aromatic carbocycles. The topological polar surface area (TPSA) is 83.0 Å². The Morgan fingerprint density at radius 1 is 1.15 bits per heavy atom. The van der Waals surface area contributed by atoms with Gasteiger partial charge in [-0.3, -0.25) is 19.5 Å². The van der Waals surface area contributed by atoms with Crippen molar-refractivity contribution >= 4 is 17.8 Å². The Morgan fingerprint density at radius 2 is 1.85 bits per heavy atom. The summed E-state index contributed by atoms with van der Waals surface area (Å²) in [5, 5.41) is 6.40. The van der Waals surface area contributed by atoms with E-state index in [1.165, 1.54) is 4.90 Å². The third-order valence-electron chi connectivity index (χ3n) is 5.68. The van der Waals surface area contributed by atoms with Gasteiger partial charge in [0.2, 0.25) is 11.8 Å². The molecule has 3 rings (SSSR count). The second-order valence-electron chi connectivity index (χ2n) is 7.48. The molecule has 0 aromatic rings. The number of carbonyl (C=O) groups is 2. The SMILES string of the molecule is CCCCOCCN=C(NCC)NCCN1C(=O)C2C3C=CC(C3)C2C1=O. The van der Waals surface area contributed by atoms with Gasteiger partial charge in [-0.25, -0.2) is 0 Å². The molecule has 2 bridgehead atoms. The van der Waals surface area contributed by atoms with Crippen LogP contribution in [0.5, 0.6) is 0 Å². The lowest BCUT2D eigenvalue weighted by atomic mass is 9.85. The molecule has 1 aliphatic heterocycles. The lowest BCUT2D eigenvalue weighted by Crippen LogP contribution is -2.43. The number of unbranched alkanes of at least 4 members (excludes halogenated alkanes) is 1. The van der Waals surface area contributed by atoms with Crippen molar-refractivity contribution in [3.05, 3.63) is 12.2 Å². The average Bonchev–Trinajstić information content (AvgIpc) is 3.34. The van der Waals surface area contributed by atoms with Crippen LogP contribution in [0.3, 0.4) is 0 Å². The van der Waals surface area contributed by atoms with Crippen molar-refractivity contribution in [1.29, 1.82) is 0 Å². The van der Waals surface area contributed by atoms with Gasteiger partial charge in [-0.1, -0.05) is 25.5 Å². The maximum absolute atomic E-state index is 12.7. The zero-order chi connectivity index (χ0) is 19.2. The molecule has 4 atom stereocenters. The summed E-state index contributed by atoms with van der Waals surface area (Å²) in [5.41, 5.74) is 0. The number of carbonyl (C=O) groups excluding carboxylic acids is 2. The summed E-state index contributed by atoms with van der Waals surface area (Å²) in [6.07, 6.45) is 7.41. The van der Waals surface area contributed by atoms with E-state index < -0.39 is 0 Å². The number of likely N-dealkylation sites (tertiary alicyclic amines) is 1. The van der Waals surface area contributed by atoms with E-state index in [2.05, 4.69) is 34.7 Å². The minimum Gasteiger partial charge on any atom is -0.380 e. The quantitative estimate of drug-likeness (QED) is 0.197. The maximum atomic E-state index is 12.7. The standard InChI is InChI=1S/C20H32N4O3/c1-3-5-11-27-12-9-23-20(21-4-2)22-8-10-24-18(25)16-14-6-7-15(13-14)17(16)19(24)26/h6-7,14-17H,3-5,8-13H2,1-2H3,(H2,21,22,23). The molecule has 3 aliphatic rings. The third kappa shape index (κ3) is 4.34. The van der Waals surface area contributed by atoms with Crippen LogP contribution in [0.4, 0.5) is 0 Å². The van der Waals surface area contributed by atoms with E-state index in [-0.39, 0.29) is 35.5 Å². The van der Waals surface area contributed by atoms with E-state index in [1.54, 1.807) is 0 Å². The second-order valence-corrected chi connectivity index (χ2v) is 7.48. The van der Waals surface area contributed by atoms with Crippen LogP contribution in [0.1, 0.15) is 33.1 Å². The van der Waals surface area contributed by atoms with Crippen molar-refractivity contribution in [2.45, 2.75) is 33.1 Å². The molecule has 7 heteroatoms. The monoisotopic (exact) mass is 376 g/mol. The highest BCUT2D eigenvalue weighted by Crippen LogP contribution is 2.52. The molecule has 0 spiro atoms. The molecule has 4 unspecified atom stereocenters. The average molecular weight is 377 g/mol. The predicted octanol–water partition coefficient (Wildman–Crippen LogP) is 1.17. The highest BCUT2D eigenvalue weighted by Gasteiger charge is 2.58. The number of nitrogens with zero attached hydrogens (tertiary/aromatic N) is 2. The first-order valence-electron chi connectivity index (χ1n) is 10.3. The van der Waals surface area contributed by atoms with Gasteiger partial charge in [0.25, 0.3) is 0 Å². The zero-order valence-corrected chi connectivity index (χ0v) is 16.4. The van der Waals surface area contributed by atoms with Crippen molar-refractivity contribution in [3.8, 4) is 0 Å². The van der Waals surface area contributed by atoms with Gasteiger partial charge < -0.3 is 15.4 Å². The summed E-state index contributed by atoms with van der Waals surface area (Å²) in [7, 11) is 0. The van der Waals surface area contributed by atoms with Crippen molar-refractivity contribution < 1.29 is 14.3 Å². The first kappa shape index (κ1) is 19.9. The van der Waals surface area contributed by atoms with E-state index in [0.717, 1.165) is 32.4 Å². The Kier molecular flexibility index (Phi) is 6.88. The number of fused-ring (bicyclic) bond motifs is 5. The van der Waals surface area contributed by atoms with E-state index >= 15 is 0 Å². The largest absolute Gasteiger partial charge is 0.380 e. The number of ether oxygens (including phenoxy) is 1. The van der Waals surface area contributed by atoms with Crippen LogP contribution in [-0.2, 0) is 14.3 Å². The van der Waals surface area contributed by atoms with E-state index in [9.17, 15) is 9.59 Å². The zero-order valence-electron chi connectivity index (χ0n) is 16.4. The molecule has 2 amide bonds. The molecule has 2 N–H and O–H groups in total. The van der Waals surface area contributed by atoms with Crippen molar-refractivity contribution in [2.75, 3.05) is 39.4 Å². The van der Waals surface area contributed by atoms with Crippen LogP contribution in [0, 0.1) is 23.7 Å². The Hall–Kier alpha value is -1.89. The Labute approximate surface area is 161 Å². The van der Waals surface area contributed by atoms with Gasteiger partial charge in [0, 0.05) is 26.2 Å². The molecule has 27 heavy (non-hydrogen) atoms. The maximum Gasteiger partial charge on any atom is 0.233 e. The van der Waals surface area contributed by atoms with Crippen LogP contribution in [0.25, 0.3) is 0 Å². The number of hydrogen-bond donors (Lipinski definition) is 2. The fraction of sp³-hybridized carbons (Fsp3) is 0.750. The summed E-state index contributed by atoms with van der Waals surface area (Å²) in [5.74, 6) is 1.01. The summed E-state index contributed by atoms with van der Waals surface area (Å²) in [4.78, 5) is 31.3. The number of allylic oxidation sites excluding steroid dienone is 2. The van der Waals surface area contributed by atoms with Gasteiger partial charge >= 0.3 is 0 Å². The predicted molar refractivity (Wildman–Crippen MR) is 104 cm³/mol. The number of hydrogen-bond acceptors (Lipinski definition) is 4. The molecule has 150 valence electrons. The minimum atomic E-state index is -0.116. The summed E-state index contributed by atoms with van der Waals surface area (Å²) in [6.45, 7) is 7.74. The van der Waals surface area contributed by atoms with Gasteiger partial charge in [-0.05, 0) is 31.6 Å². The molecule has 7 nitrogen and oxygen atoms in total. The summed E-state index contributed by atoms with van der Waals surface area (Å²) in [6, 6.07) is 0. The Bertz CT molecular complexity index is 574. The fourth-order valence-electron chi connectivity index (χ4n) is 4.38. The van der Waals surface area contributed by atoms with Crippen LogP contribution >= 0.6 is 0 Å². The fourth-order valence-corrected chi connectivity index (χ4v) is 4.38. The van der Waals surface area contributed by atoms with E-state index in [0.29, 0.717) is 32.2 Å². The van der Waals surface area contributed by atoms with Gasteiger partial charge in [0.05, 0.1) is 25.0 Å². The van der Waals surface area contributed by atoms with E-state index in [1.807, 2.05) is 6.92 Å². The summed E-state index contributed by atoms with van der Waals surface area (Å²) < 4.78 is 5.52. The van der Waals surface area contributed by atoms with Crippen molar-refractivity contribution in [3.63, 3.8) is 0 Å². The van der Waals surface area contributed by atoms with Crippen LogP contribution in [0.15, 0.2) is 17.1 Å². The second kappa shape index (κ2) is 9.35. The lowest BCUT2D eigenvalue weighted by Gasteiger charge is -2.18. The first-order chi connectivity index (χ1) is 13.2. The molecular weight excluding hydrogens is 344 g/mol. The number of imide groups is 1. The van der Waals surface area contributed by atoms with Gasteiger partial charge in [0.15, 0.2) is 5.96 Å². The first-order valence-corrected chi connectivity index (χ1v) is 10.3. The van der Waals surface area contributed by atoms with Crippen LogP contribution in [-0.4, -0.2) is 62.1 Å².